The zero-order chi connectivity index (χ0) is 14.0. The zero-order valence-corrected chi connectivity index (χ0v) is 11.7. The molecule has 0 aromatic heterocycles. The highest BCUT2D eigenvalue weighted by Gasteiger charge is 2.25. The molecule has 0 spiro atoms. The predicted octanol–water partition coefficient (Wildman–Crippen LogP) is 0.389. The molecule has 0 atom stereocenters. The third-order valence-electron chi connectivity index (χ3n) is 3.19. The number of likely N-dealkylation sites (N-methyl/N-ethyl adjacent to an activating group) is 1. The summed E-state index contributed by atoms with van der Waals surface area (Å²) in [6.45, 7) is 1.25. The maximum Gasteiger partial charge on any atom is 0.238 e. The molecular formula is C12H19N3O3S. The van der Waals surface area contributed by atoms with E-state index in [1.165, 1.54) is 31.0 Å². The fourth-order valence-corrected chi connectivity index (χ4v) is 2.34. The van der Waals surface area contributed by atoms with Gasteiger partial charge in [-0.2, -0.15) is 0 Å². The van der Waals surface area contributed by atoms with E-state index < -0.39 is 10.0 Å². The van der Waals surface area contributed by atoms with E-state index >= 15 is 0 Å². The Morgan fingerprint density at radius 2 is 2.11 bits per heavy atom. The van der Waals surface area contributed by atoms with Crippen LogP contribution in [0.2, 0.25) is 0 Å². The molecule has 0 amide bonds. The van der Waals surface area contributed by atoms with E-state index in [9.17, 15) is 8.42 Å². The lowest BCUT2D eigenvalue weighted by Gasteiger charge is -2.16. The normalized spacial score (nSPS) is 15.7. The van der Waals surface area contributed by atoms with E-state index in [0.717, 1.165) is 6.54 Å². The first-order valence-corrected chi connectivity index (χ1v) is 7.68. The van der Waals surface area contributed by atoms with Crippen molar-refractivity contribution in [3.63, 3.8) is 0 Å². The van der Waals surface area contributed by atoms with Crippen molar-refractivity contribution < 1.29 is 13.2 Å². The fraction of sp³-hybridized carbons (Fsp3) is 0.500. The van der Waals surface area contributed by atoms with Crippen LogP contribution in [0.3, 0.4) is 0 Å². The SMILES string of the molecule is CN(CCOc1cc(S(N)(=O)=O)ccc1N)C1CC1. The van der Waals surface area contributed by atoms with Crippen LogP contribution in [0.1, 0.15) is 12.8 Å². The average Bonchev–Trinajstić information content (AvgIpc) is 3.13. The molecule has 0 unspecified atom stereocenters. The summed E-state index contributed by atoms with van der Waals surface area (Å²) in [5.41, 5.74) is 6.15. The molecule has 19 heavy (non-hydrogen) atoms. The summed E-state index contributed by atoms with van der Waals surface area (Å²) in [6, 6.07) is 4.88. The second kappa shape index (κ2) is 5.36. The Morgan fingerprint density at radius 1 is 1.42 bits per heavy atom. The van der Waals surface area contributed by atoms with E-state index in [4.69, 9.17) is 15.6 Å². The standard InChI is InChI=1S/C12H19N3O3S/c1-15(9-2-3-9)6-7-18-12-8-10(19(14,16)17)4-5-11(12)13/h4-5,8-9H,2-3,6-7,13H2,1H3,(H2,14,16,17). The van der Waals surface area contributed by atoms with Crippen molar-refractivity contribution in [1.82, 2.24) is 4.90 Å². The second-order valence-corrected chi connectivity index (χ2v) is 6.37. The zero-order valence-electron chi connectivity index (χ0n) is 10.9. The fourth-order valence-electron chi connectivity index (χ4n) is 1.81. The van der Waals surface area contributed by atoms with Crippen molar-refractivity contribution in [2.45, 2.75) is 23.8 Å². The molecule has 0 heterocycles. The van der Waals surface area contributed by atoms with Gasteiger partial charge in [0.25, 0.3) is 0 Å². The molecule has 0 saturated heterocycles. The average molecular weight is 285 g/mol. The number of nitrogens with two attached hydrogens (primary N) is 2. The number of primary sulfonamides is 1. The van der Waals surface area contributed by atoms with Crippen LogP contribution >= 0.6 is 0 Å². The molecule has 1 fully saturated rings. The first-order chi connectivity index (χ1) is 8.88. The van der Waals surface area contributed by atoms with Gasteiger partial charge in [0.2, 0.25) is 10.0 Å². The summed E-state index contributed by atoms with van der Waals surface area (Å²) in [5, 5.41) is 5.07. The lowest BCUT2D eigenvalue weighted by atomic mass is 10.3. The molecule has 7 heteroatoms. The summed E-state index contributed by atoms with van der Waals surface area (Å²) in [7, 11) is -1.69. The van der Waals surface area contributed by atoms with Gasteiger partial charge in [-0.05, 0) is 32.0 Å². The van der Waals surface area contributed by atoms with Gasteiger partial charge in [0.15, 0.2) is 0 Å². The number of benzene rings is 1. The van der Waals surface area contributed by atoms with E-state index in [1.807, 2.05) is 7.05 Å². The topological polar surface area (TPSA) is 98.6 Å². The van der Waals surface area contributed by atoms with Crippen LogP contribution < -0.4 is 15.6 Å². The molecule has 0 aliphatic heterocycles. The largest absolute Gasteiger partial charge is 0.490 e. The van der Waals surface area contributed by atoms with Crippen molar-refractivity contribution in [2.24, 2.45) is 5.14 Å². The summed E-state index contributed by atoms with van der Waals surface area (Å²) in [4.78, 5) is 2.23. The van der Waals surface area contributed by atoms with Gasteiger partial charge in [-0.3, -0.25) is 0 Å². The Bertz CT molecular complexity index is 555. The summed E-state index contributed by atoms with van der Waals surface area (Å²) >= 11 is 0. The van der Waals surface area contributed by atoms with Crippen molar-refractivity contribution in [3.05, 3.63) is 18.2 Å². The summed E-state index contributed by atoms with van der Waals surface area (Å²) in [5.74, 6) is 0.357. The molecule has 2 rings (SSSR count). The number of hydrogen-bond acceptors (Lipinski definition) is 5. The number of nitrogens with zero attached hydrogens (tertiary/aromatic N) is 1. The third-order valence-corrected chi connectivity index (χ3v) is 4.10. The minimum Gasteiger partial charge on any atom is -0.490 e. The van der Waals surface area contributed by atoms with Crippen LogP contribution in [0, 0.1) is 0 Å². The highest BCUT2D eigenvalue weighted by Crippen LogP contribution is 2.26. The number of anilines is 1. The van der Waals surface area contributed by atoms with Gasteiger partial charge in [0, 0.05) is 18.7 Å². The van der Waals surface area contributed by atoms with Crippen LogP contribution in [-0.2, 0) is 10.0 Å². The molecule has 6 nitrogen and oxygen atoms in total. The minimum atomic E-state index is -3.73. The monoisotopic (exact) mass is 285 g/mol. The summed E-state index contributed by atoms with van der Waals surface area (Å²) < 4.78 is 28.0. The highest BCUT2D eigenvalue weighted by atomic mass is 32.2. The highest BCUT2D eigenvalue weighted by molar-refractivity contribution is 7.89. The van der Waals surface area contributed by atoms with Crippen molar-refractivity contribution in [1.29, 1.82) is 0 Å². The van der Waals surface area contributed by atoms with E-state index in [1.54, 1.807) is 0 Å². The van der Waals surface area contributed by atoms with Gasteiger partial charge in [-0.1, -0.05) is 0 Å². The van der Waals surface area contributed by atoms with Gasteiger partial charge in [-0.25, -0.2) is 13.6 Å². The number of sulfonamides is 1. The molecule has 1 aromatic carbocycles. The molecule has 4 N–H and O–H groups in total. The van der Waals surface area contributed by atoms with Gasteiger partial charge in [0.05, 0.1) is 10.6 Å². The van der Waals surface area contributed by atoms with Crippen LogP contribution in [0.4, 0.5) is 5.69 Å². The van der Waals surface area contributed by atoms with E-state index in [0.29, 0.717) is 24.1 Å². The predicted molar refractivity (Wildman–Crippen MR) is 73.4 cm³/mol. The Hall–Kier alpha value is -1.31. The molecule has 1 aromatic rings. The molecule has 1 aliphatic carbocycles. The molecule has 1 aliphatic rings. The number of nitrogen functional groups attached to an aromatic ring is 1. The Morgan fingerprint density at radius 3 is 2.68 bits per heavy atom. The molecule has 0 radical (unpaired) electrons. The van der Waals surface area contributed by atoms with Crippen LogP contribution in [0.15, 0.2) is 23.1 Å². The van der Waals surface area contributed by atoms with Gasteiger partial charge < -0.3 is 15.4 Å². The van der Waals surface area contributed by atoms with Gasteiger partial charge in [0.1, 0.15) is 12.4 Å². The lowest BCUT2D eigenvalue weighted by molar-refractivity contribution is 0.232. The first kappa shape index (κ1) is 14.1. The number of ether oxygens (including phenoxy) is 1. The first-order valence-electron chi connectivity index (χ1n) is 6.13. The Kier molecular flexibility index (Phi) is 3.98. The molecule has 106 valence electrons. The maximum atomic E-state index is 11.2. The second-order valence-electron chi connectivity index (χ2n) is 4.80. The van der Waals surface area contributed by atoms with Crippen molar-refractivity contribution >= 4 is 15.7 Å². The number of rotatable bonds is 6. The maximum absolute atomic E-state index is 11.2. The van der Waals surface area contributed by atoms with Gasteiger partial charge >= 0.3 is 0 Å². The van der Waals surface area contributed by atoms with Crippen molar-refractivity contribution in [2.75, 3.05) is 25.9 Å². The van der Waals surface area contributed by atoms with Crippen LogP contribution in [0.5, 0.6) is 5.75 Å². The molecular weight excluding hydrogens is 266 g/mol. The van der Waals surface area contributed by atoms with Crippen LogP contribution in [-0.4, -0.2) is 39.6 Å². The molecule has 0 bridgehead atoms. The number of hydrogen-bond donors (Lipinski definition) is 2. The van der Waals surface area contributed by atoms with Gasteiger partial charge in [-0.15, -0.1) is 0 Å². The Labute approximate surface area is 113 Å². The molecule has 1 saturated carbocycles. The third kappa shape index (κ3) is 3.82. The van der Waals surface area contributed by atoms with E-state index in [-0.39, 0.29) is 4.90 Å². The van der Waals surface area contributed by atoms with Crippen LogP contribution in [0.25, 0.3) is 0 Å². The quantitative estimate of drug-likeness (QED) is 0.737. The smallest absolute Gasteiger partial charge is 0.238 e. The lowest BCUT2D eigenvalue weighted by Crippen LogP contribution is -2.26. The summed E-state index contributed by atoms with van der Waals surface area (Å²) in [6.07, 6.45) is 2.47. The van der Waals surface area contributed by atoms with E-state index in [2.05, 4.69) is 4.90 Å². The minimum absolute atomic E-state index is 0.00671. The Balaban J connectivity index is 1.98. The van der Waals surface area contributed by atoms with Crippen molar-refractivity contribution in [3.8, 4) is 5.75 Å².